The molecule has 1 aromatic heterocycles. The van der Waals surface area contributed by atoms with E-state index in [1.54, 1.807) is 6.07 Å². The van der Waals surface area contributed by atoms with Crippen LogP contribution in [0.4, 0.5) is 10.1 Å². The van der Waals surface area contributed by atoms with E-state index < -0.39 is 6.10 Å². The zero-order chi connectivity index (χ0) is 22.3. The molecule has 2 atom stereocenters. The van der Waals surface area contributed by atoms with E-state index in [4.69, 9.17) is 9.84 Å². The largest absolute Gasteiger partial charge is 0.480 e. The van der Waals surface area contributed by atoms with E-state index >= 15 is 0 Å². The van der Waals surface area contributed by atoms with Crippen molar-refractivity contribution in [3.05, 3.63) is 53.6 Å². The summed E-state index contributed by atoms with van der Waals surface area (Å²) in [6, 6.07) is 4.40. The number of Topliss-reactive ketones (excluding diaryl/α,β-unsaturated/α-hetero) is 1. The Morgan fingerprint density at radius 3 is 2.87 bits per heavy atom. The van der Waals surface area contributed by atoms with Crippen LogP contribution in [-0.2, 0) is 11.3 Å². The summed E-state index contributed by atoms with van der Waals surface area (Å²) in [7, 11) is 1.86. The summed E-state index contributed by atoms with van der Waals surface area (Å²) in [5.41, 5.74) is 2.55. The van der Waals surface area contributed by atoms with Crippen molar-refractivity contribution in [1.82, 2.24) is 14.7 Å². The molecule has 0 spiro atoms. The Kier molecular flexibility index (Phi) is 5.56. The quantitative estimate of drug-likeness (QED) is 0.542. The molecule has 8 heteroatoms. The van der Waals surface area contributed by atoms with E-state index in [1.165, 1.54) is 25.1 Å². The highest BCUT2D eigenvalue weighted by atomic mass is 19.1. The molecular formula is C23H27FN4O3. The third kappa shape index (κ3) is 3.82. The summed E-state index contributed by atoms with van der Waals surface area (Å²) >= 11 is 0. The maximum Gasteiger partial charge on any atom is 0.246 e. The number of ketones is 1. The first kappa shape index (κ1) is 21.1. The van der Waals surface area contributed by atoms with Crippen molar-refractivity contribution in [2.24, 2.45) is 0 Å². The van der Waals surface area contributed by atoms with Crippen molar-refractivity contribution in [3.63, 3.8) is 0 Å². The van der Waals surface area contributed by atoms with E-state index in [0.29, 0.717) is 42.3 Å². The van der Waals surface area contributed by atoms with Crippen LogP contribution in [0.5, 0.6) is 5.75 Å². The molecule has 1 aromatic carbocycles. The number of ether oxygens (including phenoxy) is 1. The Bertz CT molecular complexity index is 1050. The highest BCUT2D eigenvalue weighted by Gasteiger charge is 2.34. The summed E-state index contributed by atoms with van der Waals surface area (Å²) in [5, 5.41) is 4.77. The SMILES string of the molecule is C=CC(=O)N1CCC[C@H]1Cn1nc(C2CN(C)c3cc(F)ccc3O2)c(C(C)=O)c1C. The fraction of sp³-hybridized carbons (Fsp3) is 0.435. The van der Waals surface area contributed by atoms with Gasteiger partial charge in [0.2, 0.25) is 5.91 Å². The van der Waals surface area contributed by atoms with Crippen LogP contribution >= 0.6 is 0 Å². The molecule has 0 radical (unpaired) electrons. The number of fused-ring (bicyclic) bond motifs is 1. The van der Waals surface area contributed by atoms with Gasteiger partial charge in [-0.1, -0.05) is 6.58 Å². The number of carbonyl (C=O) groups is 2. The molecule has 0 saturated carbocycles. The number of likely N-dealkylation sites (tertiary alicyclic amines) is 1. The number of anilines is 1. The summed E-state index contributed by atoms with van der Waals surface area (Å²) in [6.07, 6.45) is 2.69. The molecule has 3 heterocycles. The van der Waals surface area contributed by atoms with Crippen molar-refractivity contribution in [1.29, 1.82) is 0 Å². The molecule has 4 rings (SSSR count). The van der Waals surface area contributed by atoms with E-state index in [-0.39, 0.29) is 23.5 Å². The van der Waals surface area contributed by atoms with Crippen molar-refractivity contribution in [2.45, 2.75) is 45.4 Å². The highest BCUT2D eigenvalue weighted by molar-refractivity contribution is 5.96. The van der Waals surface area contributed by atoms with E-state index in [0.717, 1.165) is 18.5 Å². The molecule has 2 aliphatic rings. The molecule has 0 aliphatic carbocycles. The van der Waals surface area contributed by atoms with Crippen molar-refractivity contribution >= 4 is 17.4 Å². The second-order valence-electron chi connectivity index (χ2n) is 8.21. The minimum absolute atomic E-state index is 0.00964. The zero-order valence-corrected chi connectivity index (χ0v) is 18.1. The number of likely N-dealkylation sites (N-methyl/N-ethyl adjacent to an activating group) is 1. The topological polar surface area (TPSA) is 67.7 Å². The predicted molar refractivity (Wildman–Crippen MR) is 115 cm³/mol. The van der Waals surface area contributed by atoms with E-state index in [9.17, 15) is 14.0 Å². The second kappa shape index (κ2) is 8.17. The highest BCUT2D eigenvalue weighted by Crippen LogP contribution is 2.38. The third-order valence-corrected chi connectivity index (χ3v) is 6.15. The summed E-state index contributed by atoms with van der Waals surface area (Å²) in [6.45, 7) is 8.64. The molecule has 164 valence electrons. The van der Waals surface area contributed by atoms with Crippen LogP contribution in [-0.4, -0.2) is 52.5 Å². The van der Waals surface area contributed by atoms with Crippen LogP contribution < -0.4 is 9.64 Å². The molecule has 1 saturated heterocycles. The van der Waals surface area contributed by atoms with E-state index in [1.807, 2.05) is 28.5 Å². The summed E-state index contributed by atoms with van der Waals surface area (Å²) in [4.78, 5) is 28.4. The van der Waals surface area contributed by atoms with Crippen LogP contribution in [0.15, 0.2) is 30.9 Å². The number of benzene rings is 1. The Morgan fingerprint density at radius 1 is 1.39 bits per heavy atom. The lowest BCUT2D eigenvalue weighted by Gasteiger charge is -2.33. The Hall–Kier alpha value is -3.16. The van der Waals surface area contributed by atoms with Crippen LogP contribution in [0.25, 0.3) is 0 Å². The Balaban J connectivity index is 1.66. The molecule has 1 fully saturated rings. The van der Waals surface area contributed by atoms with Gasteiger partial charge in [0.15, 0.2) is 11.9 Å². The second-order valence-corrected chi connectivity index (χ2v) is 8.21. The third-order valence-electron chi connectivity index (χ3n) is 6.15. The number of amides is 1. The minimum atomic E-state index is -0.462. The average molecular weight is 426 g/mol. The molecule has 0 bridgehead atoms. The van der Waals surface area contributed by atoms with Crippen molar-refractivity contribution in [2.75, 3.05) is 25.0 Å². The molecule has 2 aromatic rings. The maximum atomic E-state index is 13.6. The molecule has 1 unspecified atom stereocenters. The standard InChI is InChI=1S/C23H27FN4O3/c1-5-21(30)27-10-6-7-17(27)12-28-14(2)22(15(3)29)23(25-28)20-13-26(4)18-11-16(24)8-9-19(18)31-20/h5,8-9,11,17,20H,1,6-7,10,12-13H2,2-4H3/t17-,20?/m0/s1. The number of hydrogen-bond acceptors (Lipinski definition) is 5. The molecule has 1 amide bonds. The Labute approximate surface area is 181 Å². The van der Waals surface area contributed by atoms with Gasteiger partial charge in [0.25, 0.3) is 0 Å². The fourth-order valence-electron chi connectivity index (χ4n) is 4.61. The molecule has 7 nitrogen and oxygen atoms in total. The van der Waals surface area contributed by atoms with Gasteiger partial charge < -0.3 is 14.5 Å². The number of halogens is 1. The lowest BCUT2D eigenvalue weighted by atomic mass is 10.0. The first-order valence-electron chi connectivity index (χ1n) is 10.5. The van der Waals surface area contributed by atoms with Gasteiger partial charge in [-0.15, -0.1) is 0 Å². The average Bonchev–Trinajstić information content (AvgIpc) is 3.32. The minimum Gasteiger partial charge on any atom is -0.480 e. The van der Waals surface area contributed by atoms with E-state index in [2.05, 4.69) is 6.58 Å². The Morgan fingerprint density at radius 2 is 2.16 bits per heavy atom. The number of aromatic nitrogens is 2. The summed E-state index contributed by atoms with van der Waals surface area (Å²) < 4.78 is 21.6. The van der Waals surface area contributed by atoms with Gasteiger partial charge in [-0.05, 0) is 44.9 Å². The molecule has 31 heavy (non-hydrogen) atoms. The monoisotopic (exact) mass is 426 g/mol. The lowest BCUT2D eigenvalue weighted by Crippen LogP contribution is -2.37. The predicted octanol–water partition coefficient (Wildman–Crippen LogP) is 3.28. The van der Waals surface area contributed by atoms with Gasteiger partial charge in [0.05, 0.1) is 30.4 Å². The van der Waals surface area contributed by atoms with Gasteiger partial charge in [-0.25, -0.2) is 4.39 Å². The molecule has 2 aliphatic heterocycles. The number of hydrogen-bond donors (Lipinski definition) is 0. The maximum absolute atomic E-state index is 13.6. The normalized spacial score (nSPS) is 20.4. The van der Waals surface area contributed by atoms with Gasteiger partial charge in [-0.3, -0.25) is 14.3 Å². The molecule has 0 N–H and O–H groups in total. The summed E-state index contributed by atoms with van der Waals surface area (Å²) in [5.74, 6) is 0.0635. The smallest absolute Gasteiger partial charge is 0.246 e. The first-order valence-corrected chi connectivity index (χ1v) is 10.5. The van der Waals surface area contributed by atoms with Crippen LogP contribution in [0.3, 0.4) is 0 Å². The number of nitrogens with zero attached hydrogens (tertiary/aromatic N) is 4. The van der Waals surface area contributed by atoms with Crippen LogP contribution in [0.1, 0.15) is 47.6 Å². The van der Waals surface area contributed by atoms with Gasteiger partial charge in [0, 0.05) is 25.4 Å². The fourth-order valence-corrected chi connectivity index (χ4v) is 4.61. The van der Waals surface area contributed by atoms with Crippen LogP contribution in [0, 0.1) is 12.7 Å². The number of rotatable bonds is 5. The first-order chi connectivity index (χ1) is 14.8. The van der Waals surface area contributed by atoms with Crippen molar-refractivity contribution in [3.8, 4) is 5.75 Å². The zero-order valence-electron chi connectivity index (χ0n) is 18.1. The number of carbonyl (C=O) groups excluding carboxylic acids is 2. The molecular weight excluding hydrogens is 399 g/mol. The van der Waals surface area contributed by atoms with Crippen LogP contribution in [0.2, 0.25) is 0 Å². The van der Waals surface area contributed by atoms with Gasteiger partial charge in [-0.2, -0.15) is 5.10 Å². The lowest BCUT2D eigenvalue weighted by molar-refractivity contribution is -0.127. The van der Waals surface area contributed by atoms with Crippen molar-refractivity contribution < 1.29 is 18.7 Å². The van der Waals surface area contributed by atoms with Gasteiger partial charge >= 0.3 is 0 Å². The van der Waals surface area contributed by atoms with Gasteiger partial charge in [0.1, 0.15) is 17.3 Å².